The summed E-state index contributed by atoms with van der Waals surface area (Å²) < 4.78 is 5.38. The van der Waals surface area contributed by atoms with Crippen LogP contribution in [0.15, 0.2) is 18.3 Å². The molecule has 3 nitrogen and oxygen atoms in total. The lowest BCUT2D eigenvalue weighted by molar-refractivity contribution is 0.0446. The van der Waals surface area contributed by atoms with Gasteiger partial charge < -0.3 is 10.1 Å². The number of rotatable bonds is 3. The smallest absolute Gasteiger partial charge is 0.0483 e. The Labute approximate surface area is 97.2 Å². The maximum absolute atomic E-state index is 5.38. The Morgan fingerprint density at radius 2 is 2.12 bits per heavy atom. The molecule has 0 aliphatic carbocycles. The minimum absolute atomic E-state index is 0.225. The Bertz CT molecular complexity index is 328. The second-order valence-electron chi connectivity index (χ2n) is 4.83. The van der Waals surface area contributed by atoms with Gasteiger partial charge in [-0.1, -0.05) is 6.07 Å². The highest BCUT2D eigenvalue weighted by Gasteiger charge is 2.26. The largest absolute Gasteiger partial charge is 0.381 e. The molecule has 1 aliphatic rings. The summed E-state index contributed by atoms with van der Waals surface area (Å²) in [5, 5.41) is 3.61. The standard InChI is InChI=1S/C13H20N2O/c1-11-3-4-12(9-14-11)10-15-13(2)5-7-16-8-6-13/h3-4,9,15H,5-8,10H2,1-2H3. The van der Waals surface area contributed by atoms with Gasteiger partial charge >= 0.3 is 0 Å². The van der Waals surface area contributed by atoms with Gasteiger partial charge in [0.1, 0.15) is 0 Å². The van der Waals surface area contributed by atoms with E-state index in [4.69, 9.17) is 4.74 Å². The van der Waals surface area contributed by atoms with E-state index in [1.54, 1.807) is 0 Å². The molecule has 0 aromatic carbocycles. The fourth-order valence-electron chi connectivity index (χ4n) is 1.92. The molecule has 1 saturated heterocycles. The lowest BCUT2D eigenvalue weighted by Crippen LogP contribution is -2.46. The fourth-order valence-corrected chi connectivity index (χ4v) is 1.92. The van der Waals surface area contributed by atoms with Gasteiger partial charge in [0.2, 0.25) is 0 Å². The summed E-state index contributed by atoms with van der Waals surface area (Å²) in [6.45, 7) is 6.92. The van der Waals surface area contributed by atoms with Crippen LogP contribution in [-0.4, -0.2) is 23.7 Å². The molecule has 2 heterocycles. The summed E-state index contributed by atoms with van der Waals surface area (Å²) in [6.07, 6.45) is 4.13. The van der Waals surface area contributed by atoms with Crippen LogP contribution >= 0.6 is 0 Å². The molecule has 0 amide bonds. The summed E-state index contributed by atoms with van der Waals surface area (Å²) in [7, 11) is 0. The highest BCUT2D eigenvalue weighted by Crippen LogP contribution is 2.20. The van der Waals surface area contributed by atoms with Gasteiger partial charge in [0.15, 0.2) is 0 Å². The van der Waals surface area contributed by atoms with E-state index >= 15 is 0 Å². The zero-order valence-corrected chi connectivity index (χ0v) is 10.1. The molecular weight excluding hydrogens is 200 g/mol. The number of aromatic nitrogens is 1. The van der Waals surface area contributed by atoms with E-state index in [9.17, 15) is 0 Å². The maximum atomic E-state index is 5.38. The zero-order valence-electron chi connectivity index (χ0n) is 10.1. The maximum Gasteiger partial charge on any atom is 0.0483 e. The molecule has 0 unspecified atom stereocenters. The van der Waals surface area contributed by atoms with Crippen LogP contribution in [0.2, 0.25) is 0 Å². The average molecular weight is 220 g/mol. The van der Waals surface area contributed by atoms with Crippen molar-refractivity contribution in [3.05, 3.63) is 29.6 Å². The second kappa shape index (κ2) is 4.93. The van der Waals surface area contributed by atoms with Crippen molar-refractivity contribution in [2.24, 2.45) is 0 Å². The Morgan fingerprint density at radius 1 is 1.38 bits per heavy atom. The quantitative estimate of drug-likeness (QED) is 0.846. The molecule has 1 N–H and O–H groups in total. The number of aryl methyl sites for hydroxylation is 1. The SMILES string of the molecule is Cc1ccc(CNC2(C)CCOCC2)cn1. The number of nitrogens with one attached hydrogen (secondary N) is 1. The Morgan fingerprint density at radius 3 is 2.75 bits per heavy atom. The predicted octanol–water partition coefficient (Wildman–Crippen LogP) is 2.05. The van der Waals surface area contributed by atoms with Crippen LogP contribution in [0.1, 0.15) is 31.0 Å². The summed E-state index contributed by atoms with van der Waals surface area (Å²) in [4.78, 5) is 4.30. The molecule has 1 fully saturated rings. The van der Waals surface area contributed by atoms with Crippen molar-refractivity contribution in [1.29, 1.82) is 0 Å². The summed E-state index contributed by atoms with van der Waals surface area (Å²) in [5.41, 5.74) is 2.54. The highest BCUT2D eigenvalue weighted by atomic mass is 16.5. The molecule has 0 bridgehead atoms. The van der Waals surface area contributed by atoms with Crippen molar-refractivity contribution in [2.45, 2.75) is 38.8 Å². The van der Waals surface area contributed by atoms with Crippen molar-refractivity contribution in [3.63, 3.8) is 0 Å². The number of hydrogen-bond acceptors (Lipinski definition) is 3. The predicted molar refractivity (Wildman–Crippen MR) is 64.3 cm³/mol. The molecule has 88 valence electrons. The molecule has 3 heteroatoms. The molecule has 1 aliphatic heterocycles. The summed E-state index contributed by atoms with van der Waals surface area (Å²) in [5.74, 6) is 0. The van der Waals surface area contributed by atoms with Gasteiger partial charge in [-0.15, -0.1) is 0 Å². The number of nitrogens with zero attached hydrogens (tertiary/aromatic N) is 1. The van der Waals surface area contributed by atoms with Crippen molar-refractivity contribution < 1.29 is 4.74 Å². The molecule has 0 spiro atoms. The van der Waals surface area contributed by atoms with Gasteiger partial charge in [-0.3, -0.25) is 4.98 Å². The van der Waals surface area contributed by atoms with Crippen LogP contribution in [-0.2, 0) is 11.3 Å². The molecule has 0 saturated carbocycles. The molecule has 2 rings (SSSR count). The second-order valence-corrected chi connectivity index (χ2v) is 4.83. The van der Waals surface area contributed by atoms with Crippen LogP contribution in [0.5, 0.6) is 0 Å². The third-order valence-corrected chi connectivity index (χ3v) is 3.29. The minimum atomic E-state index is 0.225. The average Bonchev–Trinajstić information content (AvgIpc) is 2.29. The Balaban J connectivity index is 1.88. The molecule has 0 atom stereocenters. The zero-order chi connectivity index (χ0) is 11.4. The first-order valence-corrected chi connectivity index (χ1v) is 5.92. The first kappa shape index (κ1) is 11.6. The van der Waals surface area contributed by atoms with Crippen LogP contribution in [0, 0.1) is 6.92 Å². The van der Waals surface area contributed by atoms with Crippen molar-refractivity contribution in [1.82, 2.24) is 10.3 Å². The summed E-state index contributed by atoms with van der Waals surface area (Å²) in [6, 6.07) is 4.20. The number of pyridine rings is 1. The van der Waals surface area contributed by atoms with Crippen LogP contribution in [0.4, 0.5) is 0 Å². The Hall–Kier alpha value is -0.930. The van der Waals surface area contributed by atoms with Gasteiger partial charge in [0.05, 0.1) is 0 Å². The van der Waals surface area contributed by atoms with Crippen molar-refractivity contribution in [2.75, 3.05) is 13.2 Å². The van der Waals surface area contributed by atoms with Crippen LogP contribution < -0.4 is 5.32 Å². The van der Waals surface area contributed by atoms with E-state index in [1.807, 2.05) is 13.1 Å². The molecular formula is C13H20N2O. The molecule has 16 heavy (non-hydrogen) atoms. The third-order valence-electron chi connectivity index (χ3n) is 3.29. The number of hydrogen-bond donors (Lipinski definition) is 1. The van der Waals surface area contributed by atoms with Gasteiger partial charge in [0.25, 0.3) is 0 Å². The van der Waals surface area contributed by atoms with Gasteiger partial charge in [-0.2, -0.15) is 0 Å². The van der Waals surface area contributed by atoms with Crippen LogP contribution in [0.25, 0.3) is 0 Å². The van der Waals surface area contributed by atoms with Crippen molar-refractivity contribution >= 4 is 0 Å². The topological polar surface area (TPSA) is 34.1 Å². The highest BCUT2D eigenvalue weighted by molar-refractivity contribution is 5.13. The minimum Gasteiger partial charge on any atom is -0.381 e. The molecule has 1 aromatic rings. The lowest BCUT2D eigenvalue weighted by Gasteiger charge is -2.34. The first-order chi connectivity index (χ1) is 7.68. The fraction of sp³-hybridized carbons (Fsp3) is 0.615. The molecule has 1 aromatic heterocycles. The normalized spacial score (nSPS) is 19.6. The van der Waals surface area contributed by atoms with Gasteiger partial charge in [-0.25, -0.2) is 0 Å². The molecule has 0 radical (unpaired) electrons. The van der Waals surface area contributed by atoms with E-state index in [0.29, 0.717) is 0 Å². The summed E-state index contributed by atoms with van der Waals surface area (Å²) >= 11 is 0. The van der Waals surface area contributed by atoms with E-state index in [2.05, 4.69) is 29.4 Å². The monoisotopic (exact) mass is 220 g/mol. The van der Waals surface area contributed by atoms with Gasteiger partial charge in [0, 0.05) is 37.2 Å². The van der Waals surface area contributed by atoms with E-state index in [1.165, 1.54) is 5.56 Å². The van der Waals surface area contributed by atoms with Crippen LogP contribution in [0.3, 0.4) is 0 Å². The van der Waals surface area contributed by atoms with E-state index in [-0.39, 0.29) is 5.54 Å². The van der Waals surface area contributed by atoms with E-state index in [0.717, 1.165) is 38.3 Å². The Kier molecular flexibility index (Phi) is 3.56. The lowest BCUT2D eigenvalue weighted by atomic mass is 9.92. The number of ether oxygens (including phenoxy) is 1. The van der Waals surface area contributed by atoms with E-state index < -0.39 is 0 Å². The first-order valence-electron chi connectivity index (χ1n) is 5.92. The van der Waals surface area contributed by atoms with Crippen molar-refractivity contribution in [3.8, 4) is 0 Å². The van der Waals surface area contributed by atoms with Gasteiger partial charge in [-0.05, 0) is 38.3 Å². The third kappa shape index (κ3) is 3.03.